The van der Waals surface area contributed by atoms with Crippen molar-refractivity contribution in [3.05, 3.63) is 0 Å². The third kappa shape index (κ3) is 9.01. The summed E-state index contributed by atoms with van der Waals surface area (Å²) >= 11 is 0. The van der Waals surface area contributed by atoms with Gasteiger partial charge in [0.1, 0.15) is 0 Å². The van der Waals surface area contributed by atoms with Gasteiger partial charge in [0, 0.05) is 10.5 Å². The van der Waals surface area contributed by atoms with Gasteiger partial charge in [0.15, 0.2) is 0 Å². The Kier molecular flexibility index (Phi) is 6.57. The summed E-state index contributed by atoms with van der Waals surface area (Å²) in [6, 6.07) is 0. The molecular formula is C11H24S2. The van der Waals surface area contributed by atoms with Gasteiger partial charge in [-0.25, -0.2) is 0 Å². The fraction of sp³-hybridized carbons (Fsp3) is 1.00. The van der Waals surface area contributed by atoms with Crippen LogP contribution in [0.1, 0.15) is 48.0 Å². The van der Waals surface area contributed by atoms with Crippen LogP contribution >= 0.6 is 21.6 Å². The first-order chi connectivity index (χ1) is 5.83. The Morgan fingerprint density at radius 2 is 1.54 bits per heavy atom. The van der Waals surface area contributed by atoms with Gasteiger partial charge in [-0.05, 0) is 32.1 Å². The van der Waals surface area contributed by atoms with E-state index >= 15 is 0 Å². The lowest BCUT2D eigenvalue weighted by molar-refractivity contribution is 0.505. The second-order valence-corrected chi connectivity index (χ2v) is 8.17. The highest BCUT2D eigenvalue weighted by atomic mass is 33.1. The minimum absolute atomic E-state index is 0.438. The quantitative estimate of drug-likeness (QED) is 0.587. The van der Waals surface area contributed by atoms with Crippen LogP contribution in [0.15, 0.2) is 0 Å². The molecule has 0 aliphatic carbocycles. The molecule has 0 spiro atoms. The van der Waals surface area contributed by atoms with Crippen LogP contribution in [0.4, 0.5) is 0 Å². The van der Waals surface area contributed by atoms with Gasteiger partial charge in [0.25, 0.3) is 0 Å². The average molecular weight is 220 g/mol. The molecule has 0 aliphatic heterocycles. The third-order valence-corrected chi connectivity index (χ3v) is 5.24. The normalized spacial score (nSPS) is 12.9. The van der Waals surface area contributed by atoms with E-state index < -0.39 is 0 Å². The van der Waals surface area contributed by atoms with Gasteiger partial charge in [-0.15, -0.1) is 0 Å². The Labute approximate surface area is 92.0 Å². The van der Waals surface area contributed by atoms with Gasteiger partial charge < -0.3 is 0 Å². The molecule has 0 radical (unpaired) electrons. The predicted octanol–water partition coefficient (Wildman–Crippen LogP) is 4.85. The largest absolute Gasteiger partial charge is 0.0933 e. The molecular weight excluding hydrogens is 196 g/mol. The number of rotatable bonds is 6. The highest BCUT2D eigenvalue weighted by Crippen LogP contribution is 2.40. The molecule has 80 valence electrons. The summed E-state index contributed by atoms with van der Waals surface area (Å²) in [4.78, 5) is 0. The van der Waals surface area contributed by atoms with Crippen LogP contribution in [0.25, 0.3) is 0 Å². The van der Waals surface area contributed by atoms with Crippen LogP contribution < -0.4 is 0 Å². The van der Waals surface area contributed by atoms with E-state index in [4.69, 9.17) is 0 Å². The fourth-order valence-corrected chi connectivity index (χ4v) is 4.59. The molecule has 0 aromatic rings. The van der Waals surface area contributed by atoms with Crippen LogP contribution in [-0.4, -0.2) is 10.5 Å². The molecule has 0 N–H and O–H groups in total. The summed E-state index contributed by atoms with van der Waals surface area (Å²) < 4.78 is 0.438. The van der Waals surface area contributed by atoms with E-state index in [-0.39, 0.29) is 0 Å². The molecule has 0 heterocycles. The van der Waals surface area contributed by atoms with Crippen LogP contribution in [0.5, 0.6) is 0 Å². The van der Waals surface area contributed by atoms with Crippen molar-refractivity contribution in [2.24, 2.45) is 11.8 Å². The lowest BCUT2D eigenvalue weighted by atomic mass is 10.0. The van der Waals surface area contributed by atoms with Crippen molar-refractivity contribution in [1.82, 2.24) is 0 Å². The standard InChI is InChI=1S/C11H24S2/c1-9(2)7-11(5,6)13-12-8-10(3)4/h9-10H,7-8H2,1-6H3. The molecule has 0 amide bonds. The van der Waals surface area contributed by atoms with E-state index in [0.29, 0.717) is 4.75 Å². The van der Waals surface area contributed by atoms with Gasteiger partial charge in [-0.2, -0.15) is 0 Å². The Morgan fingerprint density at radius 3 is 1.92 bits per heavy atom. The van der Waals surface area contributed by atoms with Crippen LogP contribution in [-0.2, 0) is 0 Å². The Bertz CT molecular complexity index is 128. The molecule has 0 bridgehead atoms. The molecule has 2 heteroatoms. The topological polar surface area (TPSA) is 0 Å². The summed E-state index contributed by atoms with van der Waals surface area (Å²) in [5.74, 6) is 2.89. The monoisotopic (exact) mass is 220 g/mol. The van der Waals surface area contributed by atoms with Crippen molar-refractivity contribution in [3.63, 3.8) is 0 Å². The zero-order chi connectivity index (χ0) is 10.5. The van der Waals surface area contributed by atoms with E-state index in [2.05, 4.69) is 52.3 Å². The van der Waals surface area contributed by atoms with Crippen molar-refractivity contribution < 1.29 is 0 Å². The van der Waals surface area contributed by atoms with Crippen molar-refractivity contribution in [2.45, 2.75) is 52.7 Å². The Morgan fingerprint density at radius 1 is 1.00 bits per heavy atom. The molecule has 13 heavy (non-hydrogen) atoms. The SMILES string of the molecule is CC(C)CSSC(C)(C)CC(C)C. The number of hydrogen-bond acceptors (Lipinski definition) is 2. The molecule has 0 unspecified atom stereocenters. The van der Waals surface area contributed by atoms with E-state index in [1.807, 2.05) is 10.8 Å². The van der Waals surface area contributed by atoms with Gasteiger partial charge in [-0.1, -0.05) is 49.3 Å². The van der Waals surface area contributed by atoms with Crippen molar-refractivity contribution in [3.8, 4) is 0 Å². The highest BCUT2D eigenvalue weighted by molar-refractivity contribution is 8.77. The first-order valence-corrected chi connectivity index (χ1v) is 7.46. The van der Waals surface area contributed by atoms with E-state index in [1.54, 1.807) is 0 Å². The van der Waals surface area contributed by atoms with Crippen molar-refractivity contribution >= 4 is 21.6 Å². The molecule has 0 aromatic carbocycles. The molecule has 0 saturated heterocycles. The summed E-state index contributed by atoms with van der Waals surface area (Å²) in [7, 11) is 4.08. The zero-order valence-corrected chi connectivity index (χ0v) is 11.5. The minimum atomic E-state index is 0.438. The lowest BCUT2D eigenvalue weighted by Gasteiger charge is -2.25. The average Bonchev–Trinajstić information content (AvgIpc) is 1.81. The lowest BCUT2D eigenvalue weighted by Crippen LogP contribution is -2.16. The summed E-state index contributed by atoms with van der Waals surface area (Å²) in [5, 5.41) is 0. The predicted molar refractivity (Wildman–Crippen MR) is 68.4 cm³/mol. The minimum Gasteiger partial charge on any atom is -0.0933 e. The Hall–Kier alpha value is 0.700. The molecule has 0 atom stereocenters. The molecule has 0 rings (SSSR count). The Balaban J connectivity index is 3.62. The van der Waals surface area contributed by atoms with Gasteiger partial charge in [0.05, 0.1) is 0 Å². The second kappa shape index (κ2) is 6.23. The molecule has 0 aliphatic rings. The van der Waals surface area contributed by atoms with Gasteiger partial charge in [0.2, 0.25) is 0 Å². The van der Waals surface area contributed by atoms with Crippen molar-refractivity contribution in [2.75, 3.05) is 5.75 Å². The summed E-state index contributed by atoms with van der Waals surface area (Å²) in [6.45, 7) is 13.9. The third-order valence-electron chi connectivity index (χ3n) is 1.59. The first-order valence-electron chi connectivity index (χ1n) is 5.14. The summed E-state index contributed by atoms with van der Waals surface area (Å²) in [6.07, 6.45) is 1.31. The van der Waals surface area contributed by atoms with E-state index in [0.717, 1.165) is 11.8 Å². The van der Waals surface area contributed by atoms with E-state index in [9.17, 15) is 0 Å². The molecule has 0 fully saturated rings. The second-order valence-electron chi connectivity index (χ2n) is 5.12. The van der Waals surface area contributed by atoms with Crippen LogP contribution in [0.2, 0.25) is 0 Å². The maximum absolute atomic E-state index is 2.35. The maximum Gasteiger partial charge on any atom is 0.0209 e. The number of hydrogen-bond donors (Lipinski definition) is 0. The first kappa shape index (κ1) is 13.7. The van der Waals surface area contributed by atoms with Gasteiger partial charge in [-0.3, -0.25) is 0 Å². The molecule has 0 aromatic heterocycles. The smallest absolute Gasteiger partial charge is 0.0209 e. The fourth-order valence-electron chi connectivity index (χ4n) is 1.35. The highest BCUT2D eigenvalue weighted by Gasteiger charge is 2.20. The van der Waals surface area contributed by atoms with E-state index in [1.165, 1.54) is 12.2 Å². The maximum atomic E-state index is 2.35. The zero-order valence-electron chi connectivity index (χ0n) is 9.89. The molecule has 0 nitrogen and oxygen atoms in total. The summed E-state index contributed by atoms with van der Waals surface area (Å²) in [5.41, 5.74) is 0. The molecule has 0 saturated carbocycles. The van der Waals surface area contributed by atoms with Crippen molar-refractivity contribution in [1.29, 1.82) is 0 Å². The van der Waals surface area contributed by atoms with Gasteiger partial charge >= 0.3 is 0 Å². The van der Waals surface area contributed by atoms with Crippen LogP contribution in [0, 0.1) is 11.8 Å². The van der Waals surface area contributed by atoms with Crippen LogP contribution in [0.3, 0.4) is 0 Å².